The first-order valence-corrected chi connectivity index (χ1v) is 7.41. The van der Waals surface area contributed by atoms with Gasteiger partial charge in [-0.3, -0.25) is 4.79 Å². The second-order valence-corrected chi connectivity index (χ2v) is 6.92. The van der Waals surface area contributed by atoms with Gasteiger partial charge in [-0.05, 0) is 30.5 Å². The Balaban J connectivity index is 2.14. The van der Waals surface area contributed by atoms with E-state index in [1.165, 1.54) is 6.07 Å². The molecule has 0 aromatic heterocycles. The minimum Gasteiger partial charge on any atom is -0.342 e. The minimum atomic E-state index is -0.395. The van der Waals surface area contributed by atoms with E-state index >= 15 is 0 Å². The number of amides is 1. The molecule has 1 atom stereocenters. The van der Waals surface area contributed by atoms with Crippen LogP contribution >= 0.6 is 11.6 Å². The second kappa shape index (κ2) is 5.72. The summed E-state index contributed by atoms with van der Waals surface area (Å²) in [5.74, 6) is 0.0254. The van der Waals surface area contributed by atoms with Crippen molar-refractivity contribution in [1.82, 2.24) is 4.90 Å². The van der Waals surface area contributed by atoms with Gasteiger partial charge in [0.05, 0.1) is 5.02 Å². The van der Waals surface area contributed by atoms with Gasteiger partial charge in [0.25, 0.3) is 0 Å². The van der Waals surface area contributed by atoms with Crippen LogP contribution in [0.1, 0.15) is 45.1 Å². The quantitative estimate of drug-likeness (QED) is 0.759. The van der Waals surface area contributed by atoms with Crippen LogP contribution in [0.15, 0.2) is 18.2 Å². The predicted octanol–water partition coefficient (Wildman–Crippen LogP) is 4.23. The Labute approximate surface area is 124 Å². The Hall–Kier alpha value is -1.09. The number of piperidine rings is 1. The van der Waals surface area contributed by atoms with E-state index in [-0.39, 0.29) is 22.3 Å². The molecule has 1 aromatic rings. The number of rotatable bonds is 1. The molecule has 0 radical (unpaired) electrons. The van der Waals surface area contributed by atoms with E-state index in [0.29, 0.717) is 6.54 Å². The molecule has 1 heterocycles. The average Bonchev–Trinajstić information content (AvgIpc) is 2.40. The van der Waals surface area contributed by atoms with E-state index in [1.54, 1.807) is 12.1 Å². The third-order valence-corrected chi connectivity index (χ3v) is 4.05. The van der Waals surface area contributed by atoms with Crippen LogP contribution in [0, 0.1) is 11.2 Å². The highest BCUT2D eigenvalue weighted by atomic mass is 35.5. The number of benzene rings is 1. The van der Waals surface area contributed by atoms with E-state index in [1.807, 2.05) is 25.7 Å². The molecule has 1 amide bonds. The van der Waals surface area contributed by atoms with Crippen LogP contribution in [0.5, 0.6) is 0 Å². The molecule has 0 aliphatic carbocycles. The molecular formula is C16H21ClFNO. The number of nitrogens with zero attached hydrogens (tertiary/aromatic N) is 1. The van der Waals surface area contributed by atoms with E-state index in [4.69, 9.17) is 11.6 Å². The van der Waals surface area contributed by atoms with Crippen LogP contribution in [0.3, 0.4) is 0 Å². The fraction of sp³-hybridized carbons (Fsp3) is 0.562. The van der Waals surface area contributed by atoms with Gasteiger partial charge >= 0.3 is 0 Å². The Morgan fingerprint density at radius 1 is 1.40 bits per heavy atom. The molecule has 1 fully saturated rings. The summed E-state index contributed by atoms with van der Waals surface area (Å²) in [6.45, 7) is 7.31. The molecule has 1 unspecified atom stereocenters. The summed E-state index contributed by atoms with van der Waals surface area (Å²) in [6.07, 6.45) is 1.98. The molecule has 20 heavy (non-hydrogen) atoms. The van der Waals surface area contributed by atoms with Gasteiger partial charge < -0.3 is 4.90 Å². The first-order valence-electron chi connectivity index (χ1n) is 7.03. The Morgan fingerprint density at radius 3 is 2.70 bits per heavy atom. The van der Waals surface area contributed by atoms with Crippen LogP contribution in [0.2, 0.25) is 5.02 Å². The lowest BCUT2D eigenvalue weighted by atomic mass is 9.88. The second-order valence-electron chi connectivity index (χ2n) is 6.51. The van der Waals surface area contributed by atoms with Gasteiger partial charge in [-0.15, -0.1) is 0 Å². The van der Waals surface area contributed by atoms with Crippen molar-refractivity contribution < 1.29 is 9.18 Å². The average molecular weight is 298 g/mol. The first-order chi connectivity index (χ1) is 9.29. The molecule has 0 bridgehead atoms. The Morgan fingerprint density at radius 2 is 2.10 bits per heavy atom. The lowest BCUT2D eigenvalue weighted by Crippen LogP contribution is -2.44. The molecular weight excluding hydrogens is 277 g/mol. The maximum absolute atomic E-state index is 13.2. The molecule has 2 nitrogen and oxygen atoms in total. The van der Waals surface area contributed by atoms with Crippen LogP contribution < -0.4 is 0 Å². The van der Waals surface area contributed by atoms with Gasteiger partial charge in [0.2, 0.25) is 5.91 Å². The van der Waals surface area contributed by atoms with Crippen molar-refractivity contribution in [2.45, 2.75) is 39.5 Å². The highest BCUT2D eigenvalue weighted by molar-refractivity contribution is 6.30. The summed E-state index contributed by atoms with van der Waals surface area (Å²) >= 11 is 5.85. The third-order valence-electron chi connectivity index (χ3n) is 3.77. The summed E-state index contributed by atoms with van der Waals surface area (Å²) in [4.78, 5) is 14.3. The summed E-state index contributed by atoms with van der Waals surface area (Å²) in [6, 6.07) is 4.87. The van der Waals surface area contributed by atoms with Crippen molar-refractivity contribution in [3.8, 4) is 0 Å². The lowest BCUT2D eigenvalue weighted by Gasteiger charge is -2.36. The van der Waals surface area contributed by atoms with Gasteiger partial charge in [-0.1, -0.05) is 38.4 Å². The van der Waals surface area contributed by atoms with Crippen molar-refractivity contribution >= 4 is 17.5 Å². The summed E-state index contributed by atoms with van der Waals surface area (Å²) in [7, 11) is 0. The topological polar surface area (TPSA) is 20.3 Å². The number of likely N-dealkylation sites (tertiary alicyclic amines) is 1. The summed E-state index contributed by atoms with van der Waals surface area (Å²) in [5, 5.41) is 0.154. The third kappa shape index (κ3) is 3.32. The van der Waals surface area contributed by atoms with Crippen molar-refractivity contribution in [3.63, 3.8) is 0 Å². The molecule has 2 rings (SSSR count). The molecule has 0 N–H and O–H groups in total. The predicted molar refractivity (Wildman–Crippen MR) is 79.4 cm³/mol. The maximum atomic E-state index is 13.2. The van der Waals surface area contributed by atoms with Crippen molar-refractivity contribution in [1.29, 1.82) is 0 Å². The highest BCUT2D eigenvalue weighted by Gasteiger charge is 2.31. The van der Waals surface area contributed by atoms with Crippen molar-refractivity contribution in [2.24, 2.45) is 5.41 Å². The number of halogens is 2. The largest absolute Gasteiger partial charge is 0.342 e. The molecule has 1 aliphatic heterocycles. The molecule has 1 aromatic carbocycles. The Bertz CT molecular complexity index is 510. The normalized spacial score (nSPS) is 20.1. The van der Waals surface area contributed by atoms with E-state index in [0.717, 1.165) is 24.9 Å². The SMILES string of the molecule is CC(C)(C)C(=O)N1CCCC(c2ccc(F)c(Cl)c2)C1. The van der Waals surface area contributed by atoms with Gasteiger partial charge in [0, 0.05) is 24.4 Å². The van der Waals surface area contributed by atoms with Crippen LogP contribution in [-0.4, -0.2) is 23.9 Å². The van der Waals surface area contributed by atoms with Gasteiger partial charge in [0.1, 0.15) is 5.82 Å². The molecule has 0 spiro atoms. The van der Waals surface area contributed by atoms with Gasteiger partial charge in [0.15, 0.2) is 0 Å². The fourth-order valence-electron chi connectivity index (χ4n) is 2.67. The number of carbonyl (C=O) groups is 1. The standard InChI is InChI=1S/C16H21ClFNO/c1-16(2,3)15(20)19-8-4-5-12(10-19)11-6-7-14(18)13(17)9-11/h6-7,9,12H,4-5,8,10H2,1-3H3. The number of hydrogen-bond acceptors (Lipinski definition) is 1. The van der Waals surface area contributed by atoms with Crippen molar-refractivity contribution in [3.05, 3.63) is 34.6 Å². The van der Waals surface area contributed by atoms with Gasteiger partial charge in [-0.25, -0.2) is 4.39 Å². The van der Waals surface area contributed by atoms with E-state index < -0.39 is 5.82 Å². The van der Waals surface area contributed by atoms with Crippen LogP contribution in [0.25, 0.3) is 0 Å². The zero-order chi connectivity index (χ0) is 14.9. The smallest absolute Gasteiger partial charge is 0.227 e. The zero-order valence-corrected chi connectivity index (χ0v) is 13.0. The van der Waals surface area contributed by atoms with E-state index in [9.17, 15) is 9.18 Å². The lowest BCUT2D eigenvalue weighted by molar-refractivity contribution is -0.140. The molecule has 0 saturated carbocycles. The van der Waals surface area contributed by atoms with Crippen LogP contribution in [-0.2, 0) is 4.79 Å². The molecule has 4 heteroatoms. The first kappa shape index (κ1) is 15.3. The molecule has 1 saturated heterocycles. The zero-order valence-electron chi connectivity index (χ0n) is 12.2. The monoisotopic (exact) mass is 297 g/mol. The highest BCUT2D eigenvalue weighted by Crippen LogP contribution is 2.31. The fourth-order valence-corrected chi connectivity index (χ4v) is 2.86. The summed E-state index contributed by atoms with van der Waals surface area (Å²) < 4.78 is 13.2. The molecule has 1 aliphatic rings. The number of carbonyl (C=O) groups excluding carboxylic acids is 1. The van der Waals surface area contributed by atoms with Crippen LogP contribution in [0.4, 0.5) is 4.39 Å². The Kier molecular flexibility index (Phi) is 4.38. The maximum Gasteiger partial charge on any atom is 0.227 e. The minimum absolute atomic E-state index is 0.154. The summed E-state index contributed by atoms with van der Waals surface area (Å²) in [5.41, 5.74) is 0.658. The van der Waals surface area contributed by atoms with Gasteiger partial charge in [-0.2, -0.15) is 0 Å². The number of hydrogen-bond donors (Lipinski definition) is 0. The molecule has 110 valence electrons. The van der Waals surface area contributed by atoms with E-state index in [2.05, 4.69) is 0 Å². The van der Waals surface area contributed by atoms with Crippen molar-refractivity contribution in [2.75, 3.05) is 13.1 Å².